The van der Waals surface area contributed by atoms with Crippen molar-refractivity contribution in [1.82, 2.24) is 5.32 Å². The van der Waals surface area contributed by atoms with Crippen LogP contribution >= 0.6 is 0 Å². The molecular weight excluding hydrogens is 322 g/mol. The molecule has 1 aromatic rings. The molecule has 2 rings (SSSR count). The Morgan fingerprint density at radius 1 is 1.24 bits per heavy atom. The Balaban J connectivity index is 1.96. The first-order valence-electron chi connectivity index (χ1n) is 8.63. The lowest BCUT2D eigenvalue weighted by Gasteiger charge is -2.36. The van der Waals surface area contributed by atoms with Crippen LogP contribution in [0.5, 0.6) is 0 Å². The number of hydrogen-bond donors (Lipinski definition) is 2. The molecule has 1 saturated heterocycles. The number of hydrogen-bond acceptors (Lipinski definition) is 4. The number of carbonyl (C=O) groups excluding carboxylic acids is 1. The monoisotopic (exact) mass is 349 g/mol. The fraction of sp³-hybridized carbons (Fsp3) is 0.579. The lowest BCUT2D eigenvalue weighted by Crippen LogP contribution is -2.52. The maximum absolute atomic E-state index is 12.8. The standard InChI is InChI=1S/C19H27NO5/c1-18(2,17(22)23)8-11-20-16(21)19(9-12-24-13-10-19)25-14-15-6-4-3-5-7-15/h3-7H,8-14H2,1-2H3,(H,20,21)(H,22,23). The van der Waals surface area contributed by atoms with Gasteiger partial charge in [0.25, 0.3) is 5.91 Å². The van der Waals surface area contributed by atoms with E-state index in [9.17, 15) is 9.59 Å². The summed E-state index contributed by atoms with van der Waals surface area (Å²) in [6, 6.07) is 9.72. The maximum Gasteiger partial charge on any atom is 0.309 e. The number of carbonyl (C=O) groups is 2. The summed E-state index contributed by atoms with van der Waals surface area (Å²) < 4.78 is 11.4. The quantitative estimate of drug-likeness (QED) is 0.753. The van der Waals surface area contributed by atoms with Crippen molar-refractivity contribution < 1.29 is 24.2 Å². The Hall–Kier alpha value is -1.92. The zero-order chi connectivity index (χ0) is 18.3. The summed E-state index contributed by atoms with van der Waals surface area (Å²) in [5.74, 6) is -1.06. The maximum atomic E-state index is 12.8. The van der Waals surface area contributed by atoms with Gasteiger partial charge in [-0.25, -0.2) is 0 Å². The molecule has 0 bridgehead atoms. The van der Waals surface area contributed by atoms with Gasteiger partial charge in [-0.15, -0.1) is 0 Å². The number of amides is 1. The summed E-state index contributed by atoms with van der Waals surface area (Å²) in [5, 5.41) is 12.0. The van der Waals surface area contributed by atoms with Gasteiger partial charge in [-0.05, 0) is 25.8 Å². The molecule has 0 unspecified atom stereocenters. The summed E-state index contributed by atoms with van der Waals surface area (Å²) in [7, 11) is 0. The lowest BCUT2D eigenvalue weighted by molar-refractivity contribution is -0.163. The first kappa shape index (κ1) is 19.4. The molecule has 138 valence electrons. The number of ether oxygens (including phenoxy) is 2. The van der Waals surface area contributed by atoms with E-state index in [2.05, 4.69) is 5.32 Å². The molecule has 1 aliphatic heterocycles. The van der Waals surface area contributed by atoms with Crippen LogP contribution < -0.4 is 5.32 Å². The third-order valence-electron chi connectivity index (χ3n) is 4.69. The smallest absolute Gasteiger partial charge is 0.309 e. The molecule has 0 spiro atoms. The lowest BCUT2D eigenvalue weighted by atomic mass is 9.89. The van der Waals surface area contributed by atoms with Gasteiger partial charge < -0.3 is 19.9 Å². The second-order valence-electron chi connectivity index (χ2n) is 7.08. The minimum Gasteiger partial charge on any atom is -0.481 e. The highest BCUT2D eigenvalue weighted by Gasteiger charge is 2.41. The Labute approximate surface area is 148 Å². The number of carboxylic acids is 1. The van der Waals surface area contributed by atoms with Gasteiger partial charge in [0.2, 0.25) is 0 Å². The fourth-order valence-corrected chi connectivity index (χ4v) is 2.69. The van der Waals surface area contributed by atoms with E-state index in [1.807, 2.05) is 30.3 Å². The highest BCUT2D eigenvalue weighted by Crippen LogP contribution is 2.27. The third-order valence-corrected chi connectivity index (χ3v) is 4.69. The summed E-state index contributed by atoms with van der Waals surface area (Å²) in [4.78, 5) is 23.9. The zero-order valence-electron chi connectivity index (χ0n) is 14.9. The minimum absolute atomic E-state index is 0.187. The van der Waals surface area contributed by atoms with Crippen LogP contribution in [0.25, 0.3) is 0 Å². The van der Waals surface area contributed by atoms with Crippen molar-refractivity contribution in [2.24, 2.45) is 5.41 Å². The van der Waals surface area contributed by atoms with Gasteiger partial charge in [0.15, 0.2) is 5.60 Å². The van der Waals surface area contributed by atoms with Crippen molar-refractivity contribution in [2.45, 2.75) is 45.3 Å². The Bertz CT molecular complexity index is 579. The van der Waals surface area contributed by atoms with E-state index in [-0.39, 0.29) is 5.91 Å². The van der Waals surface area contributed by atoms with Crippen LogP contribution in [-0.4, -0.2) is 42.3 Å². The molecule has 2 N–H and O–H groups in total. The van der Waals surface area contributed by atoms with Crippen molar-refractivity contribution in [3.05, 3.63) is 35.9 Å². The summed E-state index contributed by atoms with van der Waals surface area (Å²) in [6.07, 6.45) is 1.35. The number of carboxylic acid groups (broad SMARTS) is 1. The van der Waals surface area contributed by atoms with Crippen LogP contribution in [0.3, 0.4) is 0 Å². The van der Waals surface area contributed by atoms with Gasteiger partial charge in [0, 0.05) is 32.6 Å². The van der Waals surface area contributed by atoms with Crippen LogP contribution in [0.15, 0.2) is 30.3 Å². The Kier molecular flexibility index (Phi) is 6.56. The van der Waals surface area contributed by atoms with E-state index < -0.39 is 17.0 Å². The molecule has 0 aromatic heterocycles. The van der Waals surface area contributed by atoms with E-state index in [0.29, 0.717) is 45.6 Å². The highest BCUT2D eigenvalue weighted by atomic mass is 16.5. The van der Waals surface area contributed by atoms with Gasteiger partial charge >= 0.3 is 5.97 Å². The average Bonchev–Trinajstić information content (AvgIpc) is 2.61. The molecule has 1 fully saturated rings. The molecule has 0 radical (unpaired) electrons. The number of aliphatic carboxylic acids is 1. The van der Waals surface area contributed by atoms with Crippen LogP contribution in [0.1, 0.15) is 38.7 Å². The first-order chi connectivity index (χ1) is 11.9. The van der Waals surface area contributed by atoms with Crippen molar-refractivity contribution >= 4 is 11.9 Å². The van der Waals surface area contributed by atoms with E-state index >= 15 is 0 Å². The first-order valence-corrected chi connectivity index (χ1v) is 8.63. The molecule has 1 aromatic carbocycles. The number of nitrogens with one attached hydrogen (secondary N) is 1. The summed E-state index contributed by atoms with van der Waals surface area (Å²) in [5.41, 5.74) is -0.782. The Morgan fingerprint density at radius 2 is 1.88 bits per heavy atom. The summed E-state index contributed by atoms with van der Waals surface area (Å²) in [6.45, 7) is 4.91. The average molecular weight is 349 g/mol. The predicted octanol–water partition coefficient (Wildman–Crippen LogP) is 2.37. The fourth-order valence-electron chi connectivity index (χ4n) is 2.69. The summed E-state index contributed by atoms with van der Waals surface area (Å²) >= 11 is 0. The SMILES string of the molecule is CC(C)(CCNC(=O)C1(OCc2ccccc2)CCOCC1)C(=O)O. The molecule has 1 heterocycles. The van der Waals surface area contributed by atoms with Crippen LogP contribution in [0.2, 0.25) is 0 Å². The van der Waals surface area contributed by atoms with Gasteiger partial charge in [-0.1, -0.05) is 30.3 Å². The second-order valence-corrected chi connectivity index (χ2v) is 7.08. The van der Waals surface area contributed by atoms with Crippen molar-refractivity contribution in [3.63, 3.8) is 0 Å². The Morgan fingerprint density at radius 3 is 2.48 bits per heavy atom. The van der Waals surface area contributed by atoms with Crippen LogP contribution in [0, 0.1) is 5.41 Å². The van der Waals surface area contributed by atoms with E-state index in [4.69, 9.17) is 14.6 Å². The topological polar surface area (TPSA) is 84.9 Å². The molecule has 0 aliphatic carbocycles. The van der Waals surface area contributed by atoms with Crippen LogP contribution in [0.4, 0.5) is 0 Å². The second kappa shape index (κ2) is 8.45. The van der Waals surface area contributed by atoms with Crippen molar-refractivity contribution in [3.8, 4) is 0 Å². The number of rotatable bonds is 8. The van der Waals surface area contributed by atoms with Crippen molar-refractivity contribution in [1.29, 1.82) is 0 Å². The molecule has 0 atom stereocenters. The molecule has 1 aliphatic rings. The normalized spacial score (nSPS) is 17.0. The predicted molar refractivity (Wildman–Crippen MR) is 93.1 cm³/mol. The molecule has 6 heteroatoms. The largest absolute Gasteiger partial charge is 0.481 e. The van der Waals surface area contributed by atoms with E-state index in [1.54, 1.807) is 13.8 Å². The molecular formula is C19H27NO5. The van der Waals surface area contributed by atoms with E-state index in [0.717, 1.165) is 5.56 Å². The van der Waals surface area contributed by atoms with Gasteiger partial charge in [-0.2, -0.15) is 0 Å². The molecule has 1 amide bonds. The van der Waals surface area contributed by atoms with Gasteiger partial charge in [0.1, 0.15) is 0 Å². The van der Waals surface area contributed by atoms with Crippen molar-refractivity contribution in [2.75, 3.05) is 19.8 Å². The number of benzene rings is 1. The zero-order valence-corrected chi connectivity index (χ0v) is 14.9. The van der Waals surface area contributed by atoms with Gasteiger partial charge in [-0.3, -0.25) is 9.59 Å². The highest BCUT2D eigenvalue weighted by molar-refractivity contribution is 5.85. The van der Waals surface area contributed by atoms with E-state index in [1.165, 1.54) is 0 Å². The molecule has 6 nitrogen and oxygen atoms in total. The minimum atomic E-state index is -0.915. The molecule has 25 heavy (non-hydrogen) atoms. The molecule has 0 saturated carbocycles. The van der Waals surface area contributed by atoms with Crippen LogP contribution in [-0.2, 0) is 25.7 Å². The third kappa shape index (κ3) is 5.28. The van der Waals surface area contributed by atoms with Gasteiger partial charge in [0.05, 0.1) is 12.0 Å².